The van der Waals surface area contributed by atoms with Crippen molar-refractivity contribution in [1.82, 2.24) is 5.32 Å². The Hall–Kier alpha value is -2.22. The van der Waals surface area contributed by atoms with Crippen molar-refractivity contribution in [2.75, 3.05) is 19.8 Å². The summed E-state index contributed by atoms with van der Waals surface area (Å²) in [5.41, 5.74) is 4.31. The summed E-state index contributed by atoms with van der Waals surface area (Å²) in [6, 6.07) is 5.94. The molecular formula is C49H70ClNO6. The number of allylic oxidation sites excluding steroid dienone is 2. The Morgan fingerprint density at radius 1 is 0.982 bits per heavy atom. The molecule has 1 saturated heterocycles. The molecule has 12 atom stereocenters. The van der Waals surface area contributed by atoms with Crippen LogP contribution < -0.4 is 10.1 Å². The van der Waals surface area contributed by atoms with E-state index in [0.717, 1.165) is 50.1 Å². The van der Waals surface area contributed by atoms with Crippen LogP contribution in [-0.4, -0.2) is 48.5 Å². The number of ketones is 2. The normalized spacial score (nSPS) is 40.9. The summed E-state index contributed by atoms with van der Waals surface area (Å²) in [7, 11) is 0. The lowest BCUT2D eigenvalue weighted by Gasteiger charge is -2.69. The highest BCUT2D eigenvalue weighted by atomic mass is 35.5. The smallest absolute Gasteiger partial charge is 0.306 e. The predicted octanol–water partition coefficient (Wildman–Crippen LogP) is 10.5. The van der Waals surface area contributed by atoms with Crippen LogP contribution in [0.25, 0.3) is 0 Å². The minimum absolute atomic E-state index is 0.0509. The molecule has 8 heteroatoms. The van der Waals surface area contributed by atoms with E-state index in [-0.39, 0.29) is 51.4 Å². The Bertz CT molecular complexity index is 1780. The van der Waals surface area contributed by atoms with Gasteiger partial charge >= 0.3 is 5.97 Å². The van der Waals surface area contributed by atoms with Crippen molar-refractivity contribution in [3.63, 3.8) is 0 Å². The monoisotopic (exact) mass is 803 g/mol. The first-order valence-corrected chi connectivity index (χ1v) is 23.1. The number of halogens is 1. The lowest BCUT2D eigenvalue weighted by molar-refractivity contribution is -0.193. The van der Waals surface area contributed by atoms with Gasteiger partial charge in [0.1, 0.15) is 17.6 Å². The molecule has 5 saturated carbocycles. The Balaban J connectivity index is 0.969. The molecule has 6 fully saturated rings. The summed E-state index contributed by atoms with van der Waals surface area (Å²) in [5, 5.41) is 14.0. The predicted molar refractivity (Wildman–Crippen MR) is 224 cm³/mol. The Kier molecular flexibility index (Phi) is 11.2. The molecule has 1 aromatic rings. The van der Waals surface area contributed by atoms with Crippen LogP contribution >= 0.6 is 11.6 Å². The highest BCUT2D eigenvalue weighted by Gasteiger charge is 2.66. The van der Waals surface area contributed by atoms with Crippen molar-refractivity contribution in [1.29, 1.82) is 0 Å². The quantitative estimate of drug-likeness (QED) is 0.203. The first kappa shape index (κ1) is 41.5. The average molecular weight is 805 g/mol. The Labute approximate surface area is 347 Å². The van der Waals surface area contributed by atoms with Gasteiger partial charge in [0, 0.05) is 47.7 Å². The summed E-state index contributed by atoms with van der Waals surface area (Å²) >= 11 is 6.40. The van der Waals surface area contributed by atoms with Crippen LogP contribution in [0.3, 0.4) is 0 Å². The van der Waals surface area contributed by atoms with E-state index in [1.807, 2.05) is 19.1 Å². The third-order valence-electron chi connectivity index (χ3n) is 18.2. The molecule has 12 unspecified atom stereocenters. The van der Waals surface area contributed by atoms with Gasteiger partial charge in [-0.2, -0.15) is 0 Å². The zero-order chi connectivity index (χ0) is 40.7. The third kappa shape index (κ3) is 6.98. The van der Waals surface area contributed by atoms with Gasteiger partial charge in [0.15, 0.2) is 5.78 Å². The first-order chi connectivity index (χ1) is 27.0. The second-order valence-electron chi connectivity index (χ2n) is 21.5. The van der Waals surface area contributed by atoms with Crippen molar-refractivity contribution in [2.24, 2.45) is 74.9 Å². The highest BCUT2D eigenvalue weighted by Crippen LogP contribution is 2.74. The van der Waals surface area contributed by atoms with Gasteiger partial charge in [-0.15, -0.1) is 0 Å². The first-order valence-electron chi connectivity index (χ1n) is 22.8. The Morgan fingerprint density at radius 3 is 2.46 bits per heavy atom. The maximum absolute atomic E-state index is 14.1. The van der Waals surface area contributed by atoms with Crippen LogP contribution in [0.5, 0.6) is 5.75 Å². The number of carboxylic acid groups (broad SMARTS) is 1. The number of carbonyl (C=O) groups excluding carboxylic acids is 2. The minimum atomic E-state index is -0.752. The van der Waals surface area contributed by atoms with E-state index >= 15 is 0 Å². The molecule has 1 aromatic carbocycles. The van der Waals surface area contributed by atoms with Gasteiger partial charge in [-0.05, 0) is 146 Å². The maximum atomic E-state index is 14.1. The SMILES string of the molecule is CC(C)C1=C2C3CCC4C(C)(CCC5C(C)(C)C(CC(=O)C6CC(C(=O)O)C6C)CCC54C)C3CCC2(CCNCc2ccc(Cl)cc2OC2CCOC2)CC1=O. The number of nitrogens with one attached hydrogen (secondary N) is 1. The summed E-state index contributed by atoms with van der Waals surface area (Å²) in [6.45, 7) is 19.6. The molecule has 1 aliphatic heterocycles. The van der Waals surface area contributed by atoms with Crippen molar-refractivity contribution in [2.45, 2.75) is 145 Å². The molecule has 1 heterocycles. The number of benzene rings is 1. The second-order valence-corrected chi connectivity index (χ2v) is 21.9. The summed E-state index contributed by atoms with van der Waals surface area (Å²) in [4.78, 5) is 39.4. The average Bonchev–Trinajstić information content (AvgIpc) is 3.76. The van der Waals surface area contributed by atoms with Gasteiger partial charge < -0.3 is 19.9 Å². The van der Waals surface area contributed by atoms with Crippen LogP contribution in [-0.2, 0) is 25.7 Å². The lowest BCUT2D eigenvalue weighted by atomic mass is 9.35. The molecule has 0 radical (unpaired) electrons. The van der Waals surface area contributed by atoms with Gasteiger partial charge in [-0.25, -0.2) is 0 Å². The van der Waals surface area contributed by atoms with E-state index in [0.29, 0.717) is 78.6 Å². The molecular weight excluding hydrogens is 734 g/mol. The van der Waals surface area contributed by atoms with Gasteiger partial charge in [0.25, 0.3) is 0 Å². The molecule has 0 amide bonds. The molecule has 6 aliphatic carbocycles. The number of Topliss-reactive ketones (excluding diaryl/α,β-unsaturated/α-hetero) is 2. The van der Waals surface area contributed by atoms with E-state index in [4.69, 9.17) is 21.1 Å². The Morgan fingerprint density at radius 2 is 1.75 bits per heavy atom. The fourth-order valence-electron chi connectivity index (χ4n) is 15.2. The van der Waals surface area contributed by atoms with Gasteiger partial charge in [-0.3, -0.25) is 14.4 Å². The number of carbonyl (C=O) groups is 3. The van der Waals surface area contributed by atoms with E-state index in [9.17, 15) is 19.5 Å². The molecule has 2 N–H and O–H groups in total. The van der Waals surface area contributed by atoms with Crippen LogP contribution in [0.15, 0.2) is 29.3 Å². The zero-order valence-electron chi connectivity index (χ0n) is 35.9. The molecule has 0 aromatic heterocycles. The van der Waals surface area contributed by atoms with Crippen molar-refractivity contribution < 1.29 is 29.0 Å². The standard InChI is InChI=1S/C49H70ClNO6/c1-28(2)43-39(53)25-49(19-20-51-26-30-8-9-32(50)23-40(30)57-33-15-21-56-27-33)18-13-37-34(44(43)49)10-11-42-47(37,6)17-14-41-46(4,5)31(12-16-48(41,42)7)22-38(52)35-24-36(29(35)3)45(54)55/h8-9,23,28-29,31,33-37,41-42,51H,10-22,24-27H2,1-7H3,(H,54,55). The van der Waals surface area contributed by atoms with Crippen molar-refractivity contribution >= 4 is 29.1 Å². The lowest BCUT2D eigenvalue weighted by Crippen LogP contribution is -2.62. The number of ether oxygens (including phenoxy) is 2. The van der Waals surface area contributed by atoms with E-state index in [2.05, 4.69) is 52.9 Å². The fraction of sp³-hybridized carbons (Fsp3) is 0.776. The van der Waals surface area contributed by atoms with Crippen LogP contribution in [0.4, 0.5) is 0 Å². The number of fused-ring (bicyclic) bond motifs is 7. The molecule has 8 rings (SSSR count). The van der Waals surface area contributed by atoms with Gasteiger partial charge in [0.05, 0.1) is 19.1 Å². The topological polar surface area (TPSA) is 102 Å². The number of hydrogen-bond donors (Lipinski definition) is 2. The maximum Gasteiger partial charge on any atom is 0.306 e. The van der Waals surface area contributed by atoms with Crippen LogP contribution in [0, 0.1) is 74.9 Å². The zero-order valence-corrected chi connectivity index (χ0v) is 36.6. The third-order valence-corrected chi connectivity index (χ3v) is 18.5. The van der Waals surface area contributed by atoms with Crippen molar-refractivity contribution in [3.8, 4) is 5.75 Å². The van der Waals surface area contributed by atoms with E-state index in [1.165, 1.54) is 44.1 Å². The molecule has 314 valence electrons. The summed E-state index contributed by atoms with van der Waals surface area (Å²) in [5.74, 6) is 3.18. The highest BCUT2D eigenvalue weighted by molar-refractivity contribution is 6.30. The molecule has 7 aliphatic rings. The minimum Gasteiger partial charge on any atom is -0.488 e. The molecule has 0 bridgehead atoms. The number of rotatable bonds is 12. The number of hydrogen-bond acceptors (Lipinski definition) is 6. The number of carboxylic acids is 1. The molecule has 57 heavy (non-hydrogen) atoms. The largest absolute Gasteiger partial charge is 0.488 e. The van der Waals surface area contributed by atoms with Crippen LogP contribution in [0.2, 0.25) is 5.02 Å². The van der Waals surface area contributed by atoms with E-state index in [1.54, 1.807) is 5.57 Å². The van der Waals surface area contributed by atoms with Gasteiger partial charge in [-0.1, -0.05) is 71.7 Å². The summed E-state index contributed by atoms with van der Waals surface area (Å²) in [6.07, 6.45) is 13.1. The fourth-order valence-corrected chi connectivity index (χ4v) is 15.4. The number of aliphatic carboxylic acids is 1. The van der Waals surface area contributed by atoms with Gasteiger partial charge in [0.2, 0.25) is 0 Å². The second kappa shape index (κ2) is 15.4. The molecule has 7 nitrogen and oxygen atoms in total. The molecule has 0 spiro atoms. The van der Waals surface area contributed by atoms with Crippen LogP contribution in [0.1, 0.15) is 138 Å². The summed E-state index contributed by atoms with van der Waals surface area (Å²) < 4.78 is 11.9. The van der Waals surface area contributed by atoms with E-state index < -0.39 is 5.97 Å². The van der Waals surface area contributed by atoms with Crippen molar-refractivity contribution in [3.05, 3.63) is 39.9 Å².